The van der Waals surface area contributed by atoms with Crippen molar-refractivity contribution < 1.29 is 27.5 Å². The summed E-state index contributed by atoms with van der Waals surface area (Å²) in [6, 6.07) is 20.4. The van der Waals surface area contributed by atoms with E-state index in [1.807, 2.05) is 24.3 Å². The molecule has 1 heterocycles. The number of nitrogens with one attached hydrogen (secondary N) is 1. The Labute approximate surface area is 243 Å². The van der Waals surface area contributed by atoms with Gasteiger partial charge in [0.1, 0.15) is 24.2 Å². The highest BCUT2D eigenvalue weighted by Gasteiger charge is 2.30. The standard InChI is InChI=1S/C31H23ClF4N4O2/c32-27-15-23(7-11-28(27)33)20-3-1-19(2-4-20)13-25(16-40-18-37-17-38-40)39-30(42)26-14-22(8-12-29(26)41)21-5-9-24(10-6-21)31(34,35)36/h1-12,14-15,17-18,25,41H,13,16H2,(H,39,42)/t25-/m1/s1. The van der Waals surface area contributed by atoms with E-state index in [2.05, 4.69) is 15.4 Å². The summed E-state index contributed by atoms with van der Waals surface area (Å²) in [6.07, 6.45) is -1.17. The number of carbonyl (C=O) groups is 1. The third-order valence-corrected chi connectivity index (χ3v) is 6.97. The van der Waals surface area contributed by atoms with Gasteiger partial charge in [-0.05, 0) is 70.6 Å². The molecule has 0 bridgehead atoms. The van der Waals surface area contributed by atoms with Gasteiger partial charge in [0.05, 0.1) is 28.7 Å². The molecule has 5 aromatic rings. The molecular formula is C31H23ClF4N4O2. The second-order valence-corrected chi connectivity index (χ2v) is 10.0. The predicted octanol–water partition coefficient (Wildman–Crippen LogP) is 7.17. The number of amides is 1. The van der Waals surface area contributed by atoms with Crippen molar-refractivity contribution in [2.75, 3.05) is 0 Å². The molecule has 1 aromatic heterocycles. The van der Waals surface area contributed by atoms with Gasteiger partial charge in [0.15, 0.2) is 0 Å². The fourth-order valence-electron chi connectivity index (χ4n) is 4.52. The molecule has 5 rings (SSSR count). The fourth-order valence-corrected chi connectivity index (χ4v) is 4.70. The zero-order valence-corrected chi connectivity index (χ0v) is 22.6. The molecule has 1 amide bonds. The summed E-state index contributed by atoms with van der Waals surface area (Å²) in [5.74, 6) is -1.34. The SMILES string of the molecule is O=C(N[C@H](Cc1ccc(-c2ccc(F)c(Cl)c2)cc1)Cn1cncn1)c1cc(-c2ccc(C(F)(F)F)cc2)ccc1O. The predicted molar refractivity (Wildman–Crippen MR) is 150 cm³/mol. The first-order valence-corrected chi connectivity index (χ1v) is 13.1. The molecule has 0 aliphatic heterocycles. The van der Waals surface area contributed by atoms with Crippen LogP contribution in [0.3, 0.4) is 0 Å². The van der Waals surface area contributed by atoms with E-state index in [-0.39, 0.29) is 22.9 Å². The number of hydrogen-bond donors (Lipinski definition) is 2. The lowest BCUT2D eigenvalue weighted by Gasteiger charge is -2.20. The Bertz CT molecular complexity index is 1690. The monoisotopic (exact) mass is 594 g/mol. The van der Waals surface area contributed by atoms with E-state index in [0.717, 1.165) is 28.8 Å². The molecule has 0 aliphatic rings. The zero-order valence-electron chi connectivity index (χ0n) is 21.8. The van der Waals surface area contributed by atoms with E-state index in [4.69, 9.17) is 11.6 Å². The maximum Gasteiger partial charge on any atom is 0.416 e. The zero-order chi connectivity index (χ0) is 29.9. The molecule has 0 radical (unpaired) electrons. The largest absolute Gasteiger partial charge is 0.507 e. The van der Waals surface area contributed by atoms with Crippen LogP contribution in [0.25, 0.3) is 22.3 Å². The van der Waals surface area contributed by atoms with Crippen molar-refractivity contribution in [3.63, 3.8) is 0 Å². The summed E-state index contributed by atoms with van der Waals surface area (Å²) in [5.41, 5.74) is 2.59. The first-order chi connectivity index (χ1) is 20.1. The van der Waals surface area contributed by atoms with E-state index in [1.165, 1.54) is 49.1 Å². The maximum atomic E-state index is 13.6. The van der Waals surface area contributed by atoms with Gasteiger partial charge in [-0.15, -0.1) is 0 Å². The summed E-state index contributed by atoms with van der Waals surface area (Å²) in [4.78, 5) is 17.3. The third-order valence-electron chi connectivity index (χ3n) is 6.68. The van der Waals surface area contributed by atoms with Crippen LogP contribution >= 0.6 is 11.6 Å². The number of phenolic OH excluding ortho intramolecular Hbond substituents is 1. The average Bonchev–Trinajstić information content (AvgIpc) is 3.48. The van der Waals surface area contributed by atoms with Crippen LogP contribution in [0.2, 0.25) is 5.02 Å². The molecule has 0 unspecified atom stereocenters. The number of aromatic hydroxyl groups is 1. The van der Waals surface area contributed by atoms with Crippen LogP contribution in [0.5, 0.6) is 5.75 Å². The van der Waals surface area contributed by atoms with Gasteiger partial charge < -0.3 is 10.4 Å². The topological polar surface area (TPSA) is 80.0 Å². The van der Waals surface area contributed by atoms with Gasteiger partial charge in [-0.3, -0.25) is 9.48 Å². The average molecular weight is 595 g/mol. The van der Waals surface area contributed by atoms with Gasteiger partial charge in [0.2, 0.25) is 0 Å². The van der Waals surface area contributed by atoms with E-state index in [0.29, 0.717) is 17.5 Å². The minimum atomic E-state index is -4.47. The number of hydrogen-bond acceptors (Lipinski definition) is 4. The molecule has 2 N–H and O–H groups in total. The van der Waals surface area contributed by atoms with Crippen LogP contribution in [0.15, 0.2) is 97.6 Å². The molecule has 11 heteroatoms. The Kier molecular flexibility index (Phi) is 8.26. The molecular weight excluding hydrogens is 572 g/mol. The lowest BCUT2D eigenvalue weighted by molar-refractivity contribution is -0.137. The molecule has 0 spiro atoms. The van der Waals surface area contributed by atoms with Crippen LogP contribution in [0.4, 0.5) is 17.6 Å². The van der Waals surface area contributed by atoms with Crippen molar-refractivity contribution in [1.29, 1.82) is 0 Å². The van der Waals surface area contributed by atoms with Crippen LogP contribution in [-0.2, 0) is 19.1 Å². The Balaban J connectivity index is 1.35. The number of nitrogens with zero attached hydrogens (tertiary/aromatic N) is 3. The highest BCUT2D eigenvalue weighted by atomic mass is 35.5. The highest BCUT2D eigenvalue weighted by Crippen LogP contribution is 2.32. The molecule has 42 heavy (non-hydrogen) atoms. The smallest absolute Gasteiger partial charge is 0.416 e. The minimum absolute atomic E-state index is 0.0258. The fraction of sp³-hybridized carbons (Fsp3) is 0.129. The number of carbonyl (C=O) groups excluding carboxylic acids is 1. The second kappa shape index (κ2) is 12.0. The third kappa shape index (κ3) is 6.77. The van der Waals surface area contributed by atoms with E-state index < -0.39 is 29.5 Å². The number of aromatic nitrogens is 3. The molecule has 0 aliphatic carbocycles. The highest BCUT2D eigenvalue weighted by molar-refractivity contribution is 6.31. The van der Waals surface area contributed by atoms with Gasteiger partial charge in [0.25, 0.3) is 5.91 Å². The van der Waals surface area contributed by atoms with Gasteiger partial charge in [0, 0.05) is 0 Å². The first-order valence-electron chi connectivity index (χ1n) is 12.7. The molecule has 0 saturated carbocycles. The lowest BCUT2D eigenvalue weighted by Crippen LogP contribution is -2.39. The van der Waals surface area contributed by atoms with Crippen molar-refractivity contribution in [2.24, 2.45) is 0 Å². The first kappa shape index (κ1) is 28.8. The van der Waals surface area contributed by atoms with Crippen molar-refractivity contribution in [1.82, 2.24) is 20.1 Å². The van der Waals surface area contributed by atoms with Crippen molar-refractivity contribution in [3.8, 4) is 28.0 Å². The Hall–Kier alpha value is -4.70. The van der Waals surface area contributed by atoms with Gasteiger partial charge in [-0.2, -0.15) is 18.3 Å². The Morgan fingerprint density at radius 2 is 1.52 bits per heavy atom. The number of phenols is 1. The number of halogens is 5. The van der Waals surface area contributed by atoms with Crippen LogP contribution in [-0.4, -0.2) is 31.8 Å². The number of alkyl halides is 3. The quantitative estimate of drug-likeness (QED) is 0.187. The molecule has 1 atom stereocenters. The summed E-state index contributed by atoms with van der Waals surface area (Å²) < 4.78 is 54.0. The van der Waals surface area contributed by atoms with E-state index in [9.17, 15) is 27.5 Å². The van der Waals surface area contributed by atoms with Gasteiger partial charge in [-0.1, -0.05) is 60.1 Å². The minimum Gasteiger partial charge on any atom is -0.507 e. The summed E-state index contributed by atoms with van der Waals surface area (Å²) >= 11 is 5.92. The normalized spacial score (nSPS) is 12.2. The summed E-state index contributed by atoms with van der Waals surface area (Å²) in [5, 5.41) is 17.6. The molecule has 4 aromatic carbocycles. The van der Waals surface area contributed by atoms with E-state index in [1.54, 1.807) is 16.8 Å². The molecule has 0 saturated heterocycles. The molecule has 0 fully saturated rings. The Morgan fingerprint density at radius 3 is 2.14 bits per heavy atom. The van der Waals surface area contributed by atoms with Crippen molar-refractivity contribution in [3.05, 3.63) is 125 Å². The van der Waals surface area contributed by atoms with Crippen molar-refractivity contribution in [2.45, 2.75) is 25.2 Å². The van der Waals surface area contributed by atoms with Gasteiger partial charge >= 0.3 is 6.18 Å². The van der Waals surface area contributed by atoms with E-state index >= 15 is 0 Å². The Morgan fingerprint density at radius 1 is 0.905 bits per heavy atom. The number of benzene rings is 4. The summed E-state index contributed by atoms with van der Waals surface area (Å²) in [6.45, 7) is 0.278. The van der Waals surface area contributed by atoms with Gasteiger partial charge in [-0.25, -0.2) is 9.37 Å². The van der Waals surface area contributed by atoms with Crippen LogP contribution in [0.1, 0.15) is 21.5 Å². The maximum absolute atomic E-state index is 13.6. The van der Waals surface area contributed by atoms with Crippen LogP contribution in [0, 0.1) is 5.82 Å². The lowest BCUT2D eigenvalue weighted by atomic mass is 9.99. The number of rotatable bonds is 8. The molecule has 6 nitrogen and oxygen atoms in total. The second-order valence-electron chi connectivity index (χ2n) is 9.62. The van der Waals surface area contributed by atoms with Crippen LogP contribution < -0.4 is 5.32 Å². The van der Waals surface area contributed by atoms with Crippen molar-refractivity contribution >= 4 is 17.5 Å². The molecule has 214 valence electrons. The summed E-state index contributed by atoms with van der Waals surface area (Å²) in [7, 11) is 0.